The molecule has 6 nitrogen and oxygen atoms in total. The third kappa shape index (κ3) is 1.92. The van der Waals surface area contributed by atoms with Crippen molar-refractivity contribution in [3.63, 3.8) is 0 Å². The Hall–Kier alpha value is -2.51. The smallest absolute Gasteiger partial charge is 0.308 e. The van der Waals surface area contributed by atoms with E-state index in [1.807, 2.05) is 0 Å². The molecule has 0 unspecified atom stereocenters. The number of aromatic nitrogens is 1. The summed E-state index contributed by atoms with van der Waals surface area (Å²) in [5.74, 6) is -2.24. The van der Waals surface area contributed by atoms with Crippen molar-refractivity contribution < 1.29 is 18.2 Å². The Balaban J connectivity index is 2.66. The second kappa shape index (κ2) is 3.81. The summed E-state index contributed by atoms with van der Waals surface area (Å²) in [6, 6.07) is 2.41. The van der Waals surface area contributed by atoms with E-state index in [0.717, 1.165) is 12.1 Å². The van der Waals surface area contributed by atoms with Crippen LogP contribution in [0.3, 0.4) is 0 Å². The topological polar surface area (TPSA) is 95.2 Å². The van der Waals surface area contributed by atoms with Gasteiger partial charge in [-0.15, -0.1) is 0 Å². The molecule has 88 valence electrons. The fraction of sp³-hybridized carbons (Fsp3) is 0. The van der Waals surface area contributed by atoms with Crippen LogP contribution < -0.4 is 5.73 Å². The van der Waals surface area contributed by atoms with E-state index in [-0.39, 0.29) is 17.1 Å². The van der Waals surface area contributed by atoms with Crippen molar-refractivity contribution >= 4 is 11.6 Å². The van der Waals surface area contributed by atoms with Gasteiger partial charge in [0, 0.05) is 11.6 Å². The zero-order chi connectivity index (χ0) is 12.6. The van der Waals surface area contributed by atoms with E-state index in [9.17, 15) is 18.9 Å². The van der Waals surface area contributed by atoms with E-state index < -0.39 is 22.2 Å². The first-order valence-corrected chi connectivity index (χ1v) is 4.35. The number of nitrogens with zero attached hydrogens (tertiary/aromatic N) is 2. The maximum Gasteiger partial charge on any atom is 0.308 e. The fourth-order valence-corrected chi connectivity index (χ4v) is 1.31. The maximum atomic E-state index is 13.7. The van der Waals surface area contributed by atoms with E-state index in [4.69, 9.17) is 5.73 Å². The fourth-order valence-electron chi connectivity index (χ4n) is 1.31. The summed E-state index contributed by atoms with van der Waals surface area (Å²) in [6.45, 7) is 0. The minimum atomic E-state index is -1.19. The average molecular weight is 241 g/mol. The van der Waals surface area contributed by atoms with Gasteiger partial charge in [-0.25, -0.2) is 4.39 Å². The minimum Gasteiger partial charge on any atom is -0.368 e. The number of nitrogens with two attached hydrogens (primary N) is 1. The summed E-state index contributed by atoms with van der Waals surface area (Å²) in [7, 11) is 0. The predicted molar refractivity (Wildman–Crippen MR) is 52.9 cm³/mol. The highest BCUT2D eigenvalue weighted by molar-refractivity contribution is 5.65. The monoisotopic (exact) mass is 241 g/mol. The summed E-state index contributed by atoms with van der Waals surface area (Å²) in [6.07, 6.45) is 0. The van der Waals surface area contributed by atoms with Crippen LogP contribution in [0.2, 0.25) is 0 Å². The lowest BCUT2D eigenvalue weighted by Gasteiger charge is -2.00. The highest BCUT2D eigenvalue weighted by atomic mass is 19.1. The van der Waals surface area contributed by atoms with Crippen LogP contribution in [-0.4, -0.2) is 10.1 Å². The molecule has 2 N–H and O–H groups in total. The van der Waals surface area contributed by atoms with Gasteiger partial charge in [0.15, 0.2) is 0 Å². The summed E-state index contributed by atoms with van der Waals surface area (Å²) in [5.41, 5.74) is 3.77. The Morgan fingerprint density at radius 2 is 2.06 bits per heavy atom. The molecule has 1 aromatic carbocycles. The predicted octanol–water partition coefficient (Wildman–Crippen LogP) is 2.11. The normalized spacial score (nSPS) is 10.5. The summed E-state index contributed by atoms with van der Waals surface area (Å²) < 4.78 is 31.3. The Bertz CT molecular complexity index is 597. The van der Waals surface area contributed by atoms with Crippen LogP contribution in [0.25, 0.3) is 11.3 Å². The lowest BCUT2D eigenvalue weighted by atomic mass is 10.1. The van der Waals surface area contributed by atoms with E-state index in [2.05, 4.69) is 9.68 Å². The number of halogens is 2. The highest BCUT2D eigenvalue weighted by Crippen LogP contribution is 2.30. The number of hydrogen-bond acceptors (Lipinski definition) is 5. The van der Waals surface area contributed by atoms with Gasteiger partial charge < -0.3 is 10.3 Å². The quantitative estimate of drug-likeness (QED) is 0.641. The minimum absolute atomic E-state index is 0.105. The third-order valence-corrected chi connectivity index (χ3v) is 2.02. The molecule has 2 aromatic rings. The van der Waals surface area contributed by atoms with Gasteiger partial charge in [-0.3, -0.25) is 10.1 Å². The number of hydrogen-bond donors (Lipinski definition) is 1. The molecule has 2 rings (SSSR count). The number of benzene rings is 1. The lowest BCUT2D eigenvalue weighted by Crippen LogP contribution is -1.96. The summed E-state index contributed by atoms with van der Waals surface area (Å²) >= 11 is 0. The van der Waals surface area contributed by atoms with Crippen molar-refractivity contribution in [3.05, 3.63) is 39.9 Å². The van der Waals surface area contributed by atoms with Crippen LogP contribution in [-0.2, 0) is 0 Å². The summed E-state index contributed by atoms with van der Waals surface area (Å²) in [5, 5.41) is 13.9. The van der Waals surface area contributed by atoms with Gasteiger partial charge in [-0.1, -0.05) is 5.16 Å². The van der Waals surface area contributed by atoms with Gasteiger partial charge in [-0.2, -0.15) is 4.39 Å². The molecular formula is C9H5F2N3O3. The van der Waals surface area contributed by atoms with Gasteiger partial charge in [0.1, 0.15) is 11.5 Å². The summed E-state index contributed by atoms with van der Waals surface area (Å²) in [4.78, 5) is 9.47. The molecule has 1 heterocycles. The van der Waals surface area contributed by atoms with Gasteiger partial charge in [0.25, 0.3) is 0 Å². The van der Waals surface area contributed by atoms with Crippen LogP contribution in [0.15, 0.2) is 22.7 Å². The van der Waals surface area contributed by atoms with Gasteiger partial charge in [-0.05, 0) is 6.07 Å². The Kier molecular flexibility index (Phi) is 2.47. The molecule has 0 saturated heterocycles. The molecule has 0 amide bonds. The van der Waals surface area contributed by atoms with E-state index in [1.54, 1.807) is 0 Å². The van der Waals surface area contributed by atoms with Crippen LogP contribution in [0.4, 0.5) is 20.4 Å². The van der Waals surface area contributed by atoms with Crippen LogP contribution >= 0.6 is 0 Å². The molecule has 0 saturated carbocycles. The van der Waals surface area contributed by atoms with Gasteiger partial charge >= 0.3 is 5.69 Å². The Morgan fingerprint density at radius 3 is 2.59 bits per heavy atom. The first-order valence-electron chi connectivity index (χ1n) is 4.35. The van der Waals surface area contributed by atoms with Crippen molar-refractivity contribution in [2.75, 3.05) is 5.73 Å². The van der Waals surface area contributed by atoms with Crippen molar-refractivity contribution in [1.82, 2.24) is 5.16 Å². The molecule has 0 aliphatic carbocycles. The standard InChI is InChI=1S/C9H5F2N3O3/c10-4-1-5(6-3-8(12)17-13-6)9(11)7(2-4)14(15)16/h1-3H,12H2. The number of nitro groups is 1. The highest BCUT2D eigenvalue weighted by Gasteiger charge is 2.22. The SMILES string of the molecule is Nc1cc(-c2cc(F)cc([N+](=O)[O-])c2F)no1. The third-order valence-electron chi connectivity index (χ3n) is 2.02. The molecule has 1 aromatic heterocycles. The van der Waals surface area contributed by atoms with E-state index >= 15 is 0 Å². The molecule has 0 aliphatic heterocycles. The molecule has 0 fully saturated rings. The molecule has 0 atom stereocenters. The zero-order valence-corrected chi connectivity index (χ0v) is 8.18. The van der Waals surface area contributed by atoms with E-state index in [1.165, 1.54) is 0 Å². The van der Waals surface area contributed by atoms with Crippen LogP contribution in [0, 0.1) is 21.7 Å². The number of nitro benzene ring substituents is 1. The number of rotatable bonds is 2. The molecule has 0 bridgehead atoms. The Morgan fingerprint density at radius 1 is 1.35 bits per heavy atom. The molecule has 0 aliphatic rings. The second-order valence-electron chi connectivity index (χ2n) is 3.16. The number of nitrogen functional groups attached to an aromatic ring is 1. The average Bonchev–Trinajstić information content (AvgIpc) is 2.67. The number of anilines is 1. The largest absolute Gasteiger partial charge is 0.368 e. The van der Waals surface area contributed by atoms with E-state index in [0.29, 0.717) is 6.07 Å². The lowest BCUT2D eigenvalue weighted by molar-refractivity contribution is -0.387. The Labute approximate surface area is 92.8 Å². The molecule has 0 spiro atoms. The van der Waals surface area contributed by atoms with Gasteiger partial charge in [0.05, 0.1) is 11.0 Å². The van der Waals surface area contributed by atoms with Gasteiger partial charge in [0.2, 0.25) is 11.7 Å². The van der Waals surface area contributed by atoms with Crippen molar-refractivity contribution in [1.29, 1.82) is 0 Å². The van der Waals surface area contributed by atoms with Crippen LogP contribution in [0.1, 0.15) is 0 Å². The van der Waals surface area contributed by atoms with Crippen molar-refractivity contribution in [3.8, 4) is 11.3 Å². The van der Waals surface area contributed by atoms with Crippen molar-refractivity contribution in [2.24, 2.45) is 0 Å². The maximum absolute atomic E-state index is 13.7. The van der Waals surface area contributed by atoms with Crippen molar-refractivity contribution in [2.45, 2.75) is 0 Å². The first-order chi connectivity index (χ1) is 7.99. The second-order valence-corrected chi connectivity index (χ2v) is 3.16. The first kappa shape index (κ1) is 11.0. The van der Waals surface area contributed by atoms with Crippen LogP contribution in [0.5, 0.6) is 0 Å². The molecule has 0 radical (unpaired) electrons. The molecule has 8 heteroatoms. The molecular weight excluding hydrogens is 236 g/mol. The zero-order valence-electron chi connectivity index (χ0n) is 8.18. The molecule has 17 heavy (non-hydrogen) atoms.